The summed E-state index contributed by atoms with van der Waals surface area (Å²) in [5, 5.41) is 0. The summed E-state index contributed by atoms with van der Waals surface area (Å²) in [4.78, 5) is 0. The molecule has 22 heavy (non-hydrogen) atoms. The van der Waals surface area contributed by atoms with Crippen molar-refractivity contribution >= 4 is 10.2 Å². The average molecular weight is 326 g/mol. The van der Waals surface area contributed by atoms with Gasteiger partial charge in [-0.2, -0.15) is 12.7 Å². The summed E-state index contributed by atoms with van der Waals surface area (Å²) in [5.41, 5.74) is 1.09. The highest BCUT2D eigenvalue weighted by molar-refractivity contribution is 7.87. The van der Waals surface area contributed by atoms with Gasteiger partial charge >= 0.3 is 0 Å². The minimum absolute atomic E-state index is 0.411. The molecule has 1 aromatic rings. The second-order valence-electron chi connectivity index (χ2n) is 6.26. The predicted molar refractivity (Wildman–Crippen MR) is 88.1 cm³/mol. The largest absolute Gasteiger partial charge is 0.497 e. The number of nitrogens with one attached hydrogen (secondary N) is 1. The highest BCUT2D eigenvalue weighted by atomic mass is 32.2. The zero-order valence-electron chi connectivity index (χ0n) is 13.6. The van der Waals surface area contributed by atoms with Crippen molar-refractivity contribution in [1.82, 2.24) is 9.03 Å². The molecule has 1 aliphatic rings. The van der Waals surface area contributed by atoms with Crippen LogP contribution >= 0.6 is 0 Å². The molecule has 1 aromatic carbocycles. The Balaban J connectivity index is 1.86. The van der Waals surface area contributed by atoms with Crippen molar-refractivity contribution in [2.45, 2.75) is 26.7 Å². The molecule has 0 aliphatic carbocycles. The van der Waals surface area contributed by atoms with Gasteiger partial charge in [0, 0.05) is 19.6 Å². The van der Waals surface area contributed by atoms with Gasteiger partial charge in [-0.3, -0.25) is 0 Å². The fourth-order valence-corrected chi connectivity index (χ4v) is 4.45. The van der Waals surface area contributed by atoms with Gasteiger partial charge in [-0.15, -0.1) is 0 Å². The van der Waals surface area contributed by atoms with Crippen LogP contribution in [-0.2, 0) is 16.6 Å². The summed E-state index contributed by atoms with van der Waals surface area (Å²) >= 11 is 0. The lowest BCUT2D eigenvalue weighted by Crippen LogP contribution is -2.48. The van der Waals surface area contributed by atoms with Crippen molar-refractivity contribution in [3.8, 4) is 5.75 Å². The molecule has 0 radical (unpaired) electrons. The molecule has 0 saturated carbocycles. The van der Waals surface area contributed by atoms with Gasteiger partial charge in [0.1, 0.15) is 5.75 Å². The van der Waals surface area contributed by atoms with Gasteiger partial charge in [0.2, 0.25) is 0 Å². The molecule has 0 aromatic heterocycles. The van der Waals surface area contributed by atoms with Gasteiger partial charge in [-0.05, 0) is 42.4 Å². The Morgan fingerprint density at radius 2 is 1.77 bits per heavy atom. The van der Waals surface area contributed by atoms with Crippen LogP contribution in [-0.4, -0.2) is 39.5 Å². The van der Waals surface area contributed by atoms with E-state index in [9.17, 15) is 8.42 Å². The van der Waals surface area contributed by atoms with Crippen molar-refractivity contribution in [1.29, 1.82) is 0 Å². The van der Waals surface area contributed by atoms with Gasteiger partial charge in [0.05, 0.1) is 7.11 Å². The lowest BCUT2D eigenvalue weighted by molar-refractivity contribution is 0.220. The van der Waals surface area contributed by atoms with E-state index in [0.29, 0.717) is 37.9 Å². The van der Waals surface area contributed by atoms with Crippen LogP contribution in [0.15, 0.2) is 24.3 Å². The molecule has 1 fully saturated rings. The topological polar surface area (TPSA) is 58.6 Å². The Bertz CT molecular complexity index is 562. The van der Waals surface area contributed by atoms with Gasteiger partial charge in [-0.1, -0.05) is 26.0 Å². The van der Waals surface area contributed by atoms with E-state index in [-0.39, 0.29) is 0 Å². The molecule has 1 saturated heterocycles. The maximum absolute atomic E-state index is 12.4. The summed E-state index contributed by atoms with van der Waals surface area (Å²) in [6.45, 7) is 5.85. The fraction of sp³-hybridized carbons (Fsp3) is 0.625. The smallest absolute Gasteiger partial charge is 0.279 e. The first-order valence-electron chi connectivity index (χ1n) is 7.78. The number of methoxy groups -OCH3 is 1. The van der Waals surface area contributed by atoms with Crippen molar-refractivity contribution in [3.05, 3.63) is 29.8 Å². The van der Waals surface area contributed by atoms with E-state index in [0.717, 1.165) is 17.7 Å². The van der Waals surface area contributed by atoms with Crippen molar-refractivity contribution in [3.63, 3.8) is 0 Å². The van der Waals surface area contributed by atoms with Crippen LogP contribution in [0, 0.1) is 11.8 Å². The van der Waals surface area contributed by atoms with Gasteiger partial charge in [-0.25, -0.2) is 4.72 Å². The first-order chi connectivity index (χ1) is 10.4. The summed E-state index contributed by atoms with van der Waals surface area (Å²) in [7, 11) is -1.74. The van der Waals surface area contributed by atoms with E-state index in [1.54, 1.807) is 11.4 Å². The molecule has 1 aliphatic heterocycles. The summed E-state index contributed by atoms with van der Waals surface area (Å²) in [5.74, 6) is 1.64. The van der Waals surface area contributed by atoms with Crippen LogP contribution in [0.25, 0.3) is 0 Å². The van der Waals surface area contributed by atoms with Crippen LogP contribution in [0.3, 0.4) is 0 Å². The molecule has 0 spiro atoms. The Morgan fingerprint density at radius 1 is 1.18 bits per heavy atom. The minimum Gasteiger partial charge on any atom is -0.497 e. The Morgan fingerprint density at radius 3 is 2.32 bits per heavy atom. The number of nitrogens with zero attached hydrogens (tertiary/aromatic N) is 1. The quantitative estimate of drug-likeness (QED) is 0.870. The molecule has 5 nitrogen and oxygen atoms in total. The third kappa shape index (κ3) is 4.69. The second-order valence-corrected chi connectivity index (χ2v) is 8.02. The van der Waals surface area contributed by atoms with E-state index in [1.807, 2.05) is 24.3 Å². The van der Waals surface area contributed by atoms with Crippen LogP contribution in [0.1, 0.15) is 25.8 Å². The molecule has 0 amide bonds. The molecule has 0 bridgehead atoms. The molecule has 2 unspecified atom stereocenters. The molecule has 124 valence electrons. The van der Waals surface area contributed by atoms with E-state index in [2.05, 4.69) is 18.6 Å². The SMILES string of the molecule is COc1ccc(CCNS(=O)(=O)N2CC(C)CC(C)C2)cc1. The van der Waals surface area contributed by atoms with Gasteiger partial charge < -0.3 is 4.74 Å². The number of piperidine rings is 1. The van der Waals surface area contributed by atoms with Crippen molar-refractivity contribution < 1.29 is 13.2 Å². The van der Waals surface area contributed by atoms with Gasteiger partial charge in [0.15, 0.2) is 0 Å². The maximum Gasteiger partial charge on any atom is 0.279 e. The zero-order chi connectivity index (χ0) is 16.2. The van der Waals surface area contributed by atoms with Crippen LogP contribution in [0.5, 0.6) is 5.75 Å². The first-order valence-corrected chi connectivity index (χ1v) is 9.22. The predicted octanol–water partition coefficient (Wildman–Crippen LogP) is 2.05. The zero-order valence-corrected chi connectivity index (χ0v) is 14.4. The summed E-state index contributed by atoms with van der Waals surface area (Å²) in [6, 6.07) is 7.69. The first kappa shape index (κ1) is 17.2. The standard InChI is InChI=1S/C16H26N2O3S/c1-13-10-14(2)12-18(11-13)22(19,20)17-9-8-15-4-6-16(21-3)7-5-15/h4-7,13-14,17H,8-12H2,1-3H3. The summed E-state index contributed by atoms with van der Waals surface area (Å²) in [6.07, 6.45) is 1.76. The minimum atomic E-state index is -3.37. The molecule has 1 N–H and O–H groups in total. The lowest BCUT2D eigenvalue weighted by Gasteiger charge is -2.33. The number of ether oxygens (including phenoxy) is 1. The monoisotopic (exact) mass is 326 g/mol. The molecule has 1 heterocycles. The highest BCUT2D eigenvalue weighted by Crippen LogP contribution is 2.22. The average Bonchev–Trinajstić information content (AvgIpc) is 2.47. The second kappa shape index (κ2) is 7.44. The van der Waals surface area contributed by atoms with Crippen LogP contribution < -0.4 is 9.46 Å². The molecular weight excluding hydrogens is 300 g/mol. The van der Waals surface area contributed by atoms with E-state index in [1.165, 1.54) is 0 Å². The molecule has 2 rings (SSSR count). The number of hydrogen-bond donors (Lipinski definition) is 1. The third-order valence-electron chi connectivity index (χ3n) is 4.03. The van der Waals surface area contributed by atoms with Crippen molar-refractivity contribution in [2.24, 2.45) is 11.8 Å². The van der Waals surface area contributed by atoms with Crippen molar-refractivity contribution in [2.75, 3.05) is 26.7 Å². The van der Waals surface area contributed by atoms with Crippen LogP contribution in [0.2, 0.25) is 0 Å². The van der Waals surface area contributed by atoms with Gasteiger partial charge in [0.25, 0.3) is 10.2 Å². The fourth-order valence-electron chi connectivity index (χ4n) is 3.01. The Kier molecular flexibility index (Phi) is 5.83. The lowest BCUT2D eigenvalue weighted by atomic mass is 9.94. The maximum atomic E-state index is 12.4. The highest BCUT2D eigenvalue weighted by Gasteiger charge is 2.29. The third-order valence-corrected chi connectivity index (χ3v) is 5.58. The normalized spacial score (nSPS) is 23.4. The van der Waals surface area contributed by atoms with E-state index in [4.69, 9.17) is 4.74 Å². The Labute approximate surface area is 133 Å². The molecule has 2 atom stereocenters. The van der Waals surface area contributed by atoms with E-state index < -0.39 is 10.2 Å². The summed E-state index contributed by atoms with van der Waals surface area (Å²) < 4.78 is 34.1. The molecular formula is C16H26N2O3S. The molecule has 6 heteroatoms. The number of benzene rings is 1. The van der Waals surface area contributed by atoms with Crippen LogP contribution in [0.4, 0.5) is 0 Å². The number of rotatable bonds is 6. The number of hydrogen-bond acceptors (Lipinski definition) is 3. The van der Waals surface area contributed by atoms with E-state index >= 15 is 0 Å². The Hall–Kier alpha value is -1.11.